The zero-order chi connectivity index (χ0) is 19.3. The van der Waals surface area contributed by atoms with Gasteiger partial charge in [-0.1, -0.05) is 51.1 Å². The first-order valence-corrected chi connectivity index (χ1v) is 9.22. The van der Waals surface area contributed by atoms with Crippen molar-refractivity contribution in [2.24, 2.45) is 0 Å². The van der Waals surface area contributed by atoms with Crippen molar-refractivity contribution in [3.05, 3.63) is 47.0 Å². The van der Waals surface area contributed by atoms with E-state index < -0.39 is 24.7 Å². The van der Waals surface area contributed by atoms with Gasteiger partial charge in [0.25, 0.3) is 0 Å². The predicted octanol–water partition coefficient (Wildman–Crippen LogP) is 7.37. The van der Waals surface area contributed by atoms with E-state index in [0.717, 1.165) is 16.3 Å². The van der Waals surface area contributed by atoms with Crippen LogP contribution >= 0.6 is 0 Å². The number of fused-ring (bicyclic) bond motifs is 1. The van der Waals surface area contributed by atoms with Gasteiger partial charge in [0.2, 0.25) is 5.67 Å². The first kappa shape index (κ1) is 19.2. The number of alkyl halides is 4. The average molecular weight is 366 g/mol. The molecule has 4 heteroatoms. The molecule has 2 aromatic rings. The Morgan fingerprint density at radius 3 is 2.00 bits per heavy atom. The molecule has 0 aromatic heterocycles. The minimum absolute atomic E-state index is 0.0344. The molecule has 0 saturated heterocycles. The predicted molar refractivity (Wildman–Crippen MR) is 98.5 cm³/mol. The fourth-order valence-electron chi connectivity index (χ4n) is 4.34. The molecule has 2 aromatic carbocycles. The fourth-order valence-corrected chi connectivity index (χ4v) is 4.34. The van der Waals surface area contributed by atoms with Crippen LogP contribution in [0.4, 0.5) is 17.6 Å². The van der Waals surface area contributed by atoms with Crippen molar-refractivity contribution in [2.75, 3.05) is 0 Å². The topological polar surface area (TPSA) is 0 Å². The van der Waals surface area contributed by atoms with Crippen LogP contribution in [0.3, 0.4) is 0 Å². The minimum atomic E-state index is -4.77. The first-order valence-electron chi connectivity index (χ1n) is 9.22. The fraction of sp³-hybridized carbons (Fsp3) is 0.545. The van der Waals surface area contributed by atoms with Crippen molar-refractivity contribution in [1.29, 1.82) is 0 Å². The first-order chi connectivity index (χ1) is 11.9. The number of hydrogen-bond acceptors (Lipinski definition) is 0. The summed E-state index contributed by atoms with van der Waals surface area (Å²) in [6.45, 7) is 8.53. The molecule has 0 spiro atoms. The van der Waals surface area contributed by atoms with E-state index in [-0.39, 0.29) is 24.2 Å². The zero-order valence-electron chi connectivity index (χ0n) is 15.8. The molecule has 142 valence electrons. The van der Waals surface area contributed by atoms with Crippen molar-refractivity contribution in [3.63, 3.8) is 0 Å². The Bertz CT molecular complexity index is 803. The van der Waals surface area contributed by atoms with Crippen LogP contribution in [0.5, 0.6) is 0 Å². The normalized spacial score (nSPS) is 24.8. The number of hydrogen-bond donors (Lipinski definition) is 0. The third kappa shape index (κ3) is 3.23. The third-order valence-electron chi connectivity index (χ3n) is 5.88. The highest BCUT2D eigenvalue weighted by Gasteiger charge is 2.56. The minimum Gasteiger partial charge on any atom is -0.234 e. The Morgan fingerprint density at radius 2 is 1.50 bits per heavy atom. The van der Waals surface area contributed by atoms with Crippen LogP contribution in [-0.2, 0) is 5.41 Å². The summed E-state index contributed by atoms with van der Waals surface area (Å²) < 4.78 is 53.3. The van der Waals surface area contributed by atoms with Crippen LogP contribution in [-0.4, -0.2) is 11.8 Å². The van der Waals surface area contributed by atoms with E-state index in [0.29, 0.717) is 0 Å². The Labute approximate surface area is 152 Å². The van der Waals surface area contributed by atoms with E-state index >= 15 is 0 Å². The van der Waals surface area contributed by atoms with E-state index in [4.69, 9.17) is 0 Å². The van der Waals surface area contributed by atoms with Gasteiger partial charge in [-0.15, -0.1) is 0 Å². The summed E-state index contributed by atoms with van der Waals surface area (Å²) in [4.78, 5) is 0. The molecule has 0 radical (unpaired) electrons. The second kappa shape index (κ2) is 6.24. The highest BCUT2D eigenvalue weighted by Crippen LogP contribution is 2.50. The Morgan fingerprint density at radius 1 is 0.962 bits per heavy atom. The molecule has 0 atom stereocenters. The lowest BCUT2D eigenvalue weighted by Crippen LogP contribution is -2.43. The van der Waals surface area contributed by atoms with Crippen LogP contribution in [0.25, 0.3) is 10.8 Å². The van der Waals surface area contributed by atoms with Crippen molar-refractivity contribution < 1.29 is 17.6 Å². The Balaban J connectivity index is 2.05. The van der Waals surface area contributed by atoms with E-state index in [1.165, 1.54) is 11.1 Å². The standard InChI is InChI=1S/C22H26F4/c1-14-16-7-5-6-8-17(16)18(13-19(14)20(2,3)4)15-9-11-21(23,12-10-15)22(24,25)26/h5-8,13,15H,9-12H2,1-4H3. The lowest BCUT2D eigenvalue weighted by Gasteiger charge is -2.36. The van der Waals surface area contributed by atoms with Crippen molar-refractivity contribution >= 4 is 10.8 Å². The van der Waals surface area contributed by atoms with E-state index in [1.54, 1.807) is 0 Å². The molecule has 1 aliphatic rings. The highest BCUT2D eigenvalue weighted by atomic mass is 19.4. The van der Waals surface area contributed by atoms with Crippen LogP contribution in [0.2, 0.25) is 0 Å². The third-order valence-corrected chi connectivity index (χ3v) is 5.88. The number of aryl methyl sites for hydroxylation is 1. The highest BCUT2D eigenvalue weighted by molar-refractivity contribution is 5.90. The summed E-state index contributed by atoms with van der Waals surface area (Å²) in [6.07, 6.45) is -5.22. The zero-order valence-corrected chi connectivity index (χ0v) is 15.8. The maximum atomic E-state index is 14.3. The van der Waals surface area contributed by atoms with Crippen LogP contribution in [0, 0.1) is 6.92 Å². The van der Waals surface area contributed by atoms with Gasteiger partial charge in [-0.25, -0.2) is 4.39 Å². The molecule has 0 heterocycles. The molecule has 0 bridgehead atoms. The van der Waals surface area contributed by atoms with Gasteiger partial charge in [0, 0.05) is 0 Å². The molecule has 1 fully saturated rings. The molecular weight excluding hydrogens is 340 g/mol. The van der Waals surface area contributed by atoms with Gasteiger partial charge >= 0.3 is 6.18 Å². The monoisotopic (exact) mass is 366 g/mol. The SMILES string of the molecule is Cc1c(C(C)(C)C)cc(C2CCC(F)(C(F)(F)F)CC2)c2ccccc12. The van der Waals surface area contributed by atoms with Crippen molar-refractivity contribution in [3.8, 4) is 0 Å². The summed E-state index contributed by atoms with van der Waals surface area (Å²) in [5.74, 6) is -0.0344. The Hall–Kier alpha value is -1.58. The summed E-state index contributed by atoms with van der Waals surface area (Å²) >= 11 is 0. The van der Waals surface area contributed by atoms with Crippen molar-refractivity contribution in [1.82, 2.24) is 0 Å². The molecule has 0 N–H and O–H groups in total. The molecule has 26 heavy (non-hydrogen) atoms. The van der Waals surface area contributed by atoms with Gasteiger partial charge in [0.1, 0.15) is 0 Å². The summed E-state index contributed by atoms with van der Waals surface area (Å²) in [5, 5.41) is 2.23. The average Bonchev–Trinajstić information content (AvgIpc) is 2.54. The maximum Gasteiger partial charge on any atom is 0.422 e. The quantitative estimate of drug-likeness (QED) is 0.462. The van der Waals surface area contributed by atoms with Gasteiger partial charge in [0.15, 0.2) is 0 Å². The molecule has 0 amide bonds. The van der Waals surface area contributed by atoms with E-state index in [2.05, 4.69) is 39.8 Å². The number of halogens is 4. The molecule has 0 aliphatic heterocycles. The smallest absolute Gasteiger partial charge is 0.234 e. The lowest BCUT2D eigenvalue weighted by atomic mass is 9.73. The van der Waals surface area contributed by atoms with E-state index in [9.17, 15) is 17.6 Å². The van der Waals surface area contributed by atoms with Gasteiger partial charge in [-0.05, 0) is 71.4 Å². The van der Waals surface area contributed by atoms with Crippen LogP contribution < -0.4 is 0 Å². The summed E-state index contributed by atoms with van der Waals surface area (Å²) in [6, 6.07) is 10.2. The van der Waals surface area contributed by atoms with Gasteiger partial charge in [0.05, 0.1) is 0 Å². The molecule has 1 aliphatic carbocycles. The molecule has 1 saturated carbocycles. The van der Waals surface area contributed by atoms with Crippen LogP contribution in [0.15, 0.2) is 30.3 Å². The maximum absolute atomic E-state index is 14.3. The van der Waals surface area contributed by atoms with Crippen LogP contribution in [0.1, 0.15) is 69.1 Å². The Kier molecular flexibility index (Phi) is 4.61. The number of rotatable bonds is 1. The second-order valence-electron chi connectivity index (χ2n) is 8.67. The largest absolute Gasteiger partial charge is 0.422 e. The van der Waals surface area contributed by atoms with E-state index in [1.807, 2.05) is 18.2 Å². The van der Waals surface area contributed by atoms with Crippen molar-refractivity contribution in [2.45, 2.75) is 76.6 Å². The summed E-state index contributed by atoms with van der Waals surface area (Å²) in [5.41, 5.74) is 0.395. The molecular formula is C22H26F4. The molecule has 0 unspecified atom stereocenters. The van der Waals surface area contributed by atoms with Gasteiger partial charge in [-0.3, -0.25) is 0 Å². The molecule has 0 nitrogen and oxygen atoms in total. The second-order valence-corrected chi connectivity index (χ2v) is 8.67. The summed E-state index contributed by atoms with van der Waals surface area (Å²) in [7, 11) is 0. The van der Waals surface area contributed by atoms with Gasteiger partial charge < -0.3 is 0 Å². The number of benzene rings is 2. The lowest BCUT2D eigenvalue weighted by molar-refractivity contribution is -0.240. The molecule has 3 rings (SSSR count). The van der Waals surface area contributed by atoms with Gasteiger partial charge in [-0.2, -0.15) is 13.2 Å².